The number of phenolic OH excluding ortho intramolecular Hbond substituents is 1. The predicted octanol–water partition coefficient (Wildman–Crippen LogP) is 3.90. The Balaban J connectivity index is 1.72. The first-order valence-electron chi connectivity index (χ1n) is 9.95. The second kappa shape index (κ2) is 8.41. The van der Waals surface area contributed by atoms with Crippen molar-refractivity contribution in [1.82, 2.24) is 0 Å². The highest BCUT2D eigenvalue weighted by Crippen LogP contribution is 2.45. The zero-order chi connectivity index (χ0) is 19.3. The lowest BCUT2D eigenvalue weighted by Gasteiger charge is -2.46. The number of halogens is 1. The van der Waals surface area contributed by atoms with Crippen LogP contribution in [0.1, 0.15) is 50.7 Å². The van der Waals surface area contributed by atoms with Gasteiger partial charge in [0.2, 0.25) is 0 Å². The van der Waals surface area contributed by atoms with Gasteiger partial charge in [0.1, 0.15) is 18.1 Å². The van der Waals surface area contributed by atoms with Gasteiger partial charge < -0.3 is 15.2 Å². The molecule has 1 fully saturated rings. The van der Waals surface area contributed by atoms with E-state index in [1.807, 2.05) is 30.3 Å². The fourth-order valence-corrected chi connectivity index (χ4v) is 4.30. The number of rotatable bonds is 7. The first-order chi connectivity index (χ1) is 13.0. The molecule has 27 heavy (non-hydrogen) atoms. The number of para-hydroxylation sites is 1. The van der Waals surface area contributed by atoms with E-state index in [4.69, 9.17) is 4.74 Å². The third-order valence-electron chi connectivity index (χ3n) is 6.13. The molecule has 146 valence electrons. The predicted molar refractivity (Wildman–Crippen MR) is 105 cm³/mol. The van der Waals surface area contributed by atoms with E-state index in [1.165, 1.54) is 5.56 Å². The van der Waals surface area contributed by atoms with E-state index in [0.29, 0.717) is 5.75 Å². The molecule has 0 bridgehead atoms. The summed E-state index contributed by atoms with van der Waals surface area (Å²) in [5.74, 6) is 0.164. The lowest BCUT2D eigenvalue weighted by Crippen LogP contribution is -2.83. The van der Waals surface area contributed by atoms with Crippen LogP contribution in [-0.2, 0) is 16.7 Å². The molecule has 1 aliphatic heterocycles. The lowest BCUT2D eigenvalue weighted by molar-refractivity contribution is -0.672. The van der Waals surface area contributed by atoms with Gasteiger partial charge in [-0.05, 0) is 56.0 Å². The van der Waals surface area contributed by atoms with Crippen LogP contribution < -0.4 is 5.32 Å². The summed E-state index contributed by atoms with van der Waals surface area (Å²) in [6, 6.07) is 14.5. The number of aromatic hydroxyl groups is 1. The van der Waals surface area contributed by atoms with Crippen molar-refractivity contribution in [2.45, 2.75) is 57.1 Å². The van der Waals surface area contributed by atoms with Gasteiger partial charge in [-0.1, -0.05) is 31.2 Å². The minimum atomic E-state index is -0.190. The molecule has 0 radical (unpaired) electrons. The van der Waals surface area contributed by atoms with E-state index >= 15 is 0 Å². The number of phenols is 1. The van der Waals surface area contributed by atoms with Crippen molar-refractivity contribution in [2.75, 3.05) is 13.2 Å². The minimum absolute atomic E-state index is 0.00590. The molecular weight excluding hydrogens is 341 g/mol. The van der Waals surface area contributed by atoms with Crippen LogP contribution >= 0.6 is 0 Å². The summed E-state index contributed by atoms with van der Waals surface area (Å²) >= 11 is 0. The van der Waals surface area contributed by atoms with Gasteiger partial charge in [0, 0.05) is 24.0 Å². The quantitative estimate of drug-likeness (QED) is 0.724. The molecule has 2 atom stereocenters. The molecule has 1 saturated heterocycles. The molecule has 0 aliphatic carbocycles. The number of hydrogen-bond acceptors (Lipinski definition) is 2. The van der Waals surface area contributed by atoms with Crippen LogP contribution in [0.3, 0.4) is 0 Å². The zero-order valence-electron chi connectivity index (χ0n) is 16.4. The number of benzene rings is 2. The topological polar surface area (TPSA) is 46.1 Å². The van der Waals surface area contributed by atoms with Crippen LogP contribution in [0.25, 0.3) is 0 Å². The SMILES string of the molecule is CC[C@]1(C)C[C@](CC[NH2+]Cc2ccccc2O)(c2ccc(F)cc2)CCO1. The molecule has 0 amide bonds. The first-order valence-corrected chi connectivity index (χ1v) is 9.95. The van der Waals surface area contributed by atoms with Crippen molar-refractivity contribution < 1.29 is 19.6 Å². The van der Waals surface area contributed by atoms with Crippen LogP contribution in [0.2, 0.25) is 0 Å². The fourth-order valence-electron chi connectivity index (χ4n) is 4.30. The standard InChI is InChI=1S/C23H30FNO2/c1-3-22(2)17-23(13-15-27-22,19-8-10-20(24)11-9-19)12-14-25-16-18-6-4-5-7-21(18)26/h4-11,25-26H,3,12-17H2,1-2H3/p+1/t22-,23-/m1/s1. The molecule has 1 aliphatic rings. The average molecular weight is 373 g/mol. The summed E-state index contributed by atoms with van der Waals surface area (Å²) in [6.07, 6.45) is 3.88. The first kappa shape index (κ1) is 19.8. The molecule has 3 rings (SSSR count). The Morgan fingerprint density at radius 2 is 1.89 bits per heavy atom. The Hall–Kier alpha value is -1.91. The van der Waals surface area contributed by atoms with E-state index in [2.05, 4.69) is 19.2 Å². The lowest BCUT2D eigenvalue weighted by atomic mass is 9.66. The summed E-state index contributed by atoms with van der Waals surface area (Å²) in [5.41, 5.74) is 2.04. The van der Waals surface area contributed by atoms with Crippen molar-refractivity contribution in [2.24, 2.45) is 0 Å². The number of quaternary nitrogens is 1. The van der Waals surface area contributed by atoms with Gasteiger partial charge in [0.15, 0.2) is 0 Å². The van der Waals surface area contributed by atoms with Crippen LogP contribution in [0.5, 0.6) is 5.75 Å². The summed E-state index contributed by atoms with van der Waals surface area (Å²) in [6.45, 7) is 6.81. The number of nitrogens with two attached hydrogens (primary N) is 1. The second-order valence-electron chi connectivity index (χ2n) is 8.03. The second-order valence-corrected chi connectivity index (χ2v) is 8.03. The van der Waals surface area contributed by atoms with E-state index < -0.39 is 0 Å². The summed E-state index contributed by atoms with van der Waals surface area (Å²) in [5, 5.41) is 12.2. The Kier molecular flexibility index (Phi) is 6.18. The zero-order valence-corrected chi connectivity index (χ0v) is 16.4. The molecule has 3 N–H and O–H groups in total. The summed E-state index contributed by atoms with van der Waals surface area (Å²) < 4.78 is 19.6. The van der Waals surface area contributed by atoms with Gasteiger partial charge in [-0.2, -0.15) is 0 Å². The van der Waals surface area contributed by atoms with Crippen LogP contribution in [0.15, 0.2) is 48.5 Å². The smallest absolute Gasteiger partial charge is 0.124 e. The molecule has 1 heterocycles. The van der Waals surface area contributed by atoms with Gasteiger partial charge in [0.25, 0.3) is 0 Å². The van der Waals surface area contributed by atoms with E-state index in [0.717, 1.165) is 50.9 Å². The van der Waals surface area contributed by atoms with Crippen LogP contribution in [0, 0.1) is 5.82 Å². The van der Waals surface area contributed by atoms with Gasteiger partial charge in [-0.15, -0.1) is 0 Å². The number of ether oxygens (including phenoxy) is 1. The van der Waals surface area contributed by atoms with Gasteiger partial charge in [-0.3, -0.25) is 0 Å². The van der Waals surface area contributed by atoms with Crippen LogP contribution in [-0.4, -0.2) is 23.9 Å². The van der Waals surface area contributed by atoms with Crippen LogP contribution in [0.4, 0.5) is 4.39 Å². The van der Waals surface area contributed by atoms with Crippen molar-refractivity contribution in [1.29, 1.82) is 0 Å². The van der Waals surface area contributed by atoms with Crippen molar-refractivity contribution in [3.63, 3.8) is 0 Å². The van der Waals surface area contributed by atoms with E-state index in [1.54, 1.807) is 18.2 Å². The largest absolute Gasteiger partial charge is 0.507 e. The maximum atomic E-state index is 13.5. The highest BCUT2D eigenvalue weighted by molar-refractivity contribution is 5.31. The van der Waals surface area contributed by atoms with Gasteiger partial charge in [0.05, 0.1) is 12.1 Å². The number of hydrogen-bond donors (Lipinski definition) is 2. The van der Waals surface area contributed by atoms with Crippen molar-refractivity contribution >= 4 is 0 Å². The van der Waals surface area contributed by atoms with E-state index in [9.17, 15) is 9.50 Å². The average Bonchev–Trinajstić information content (AvgIpc) is 2.67. The minimum Gasteiger partial charge on any atom is -0.507 e. The molecule has 3 nitrogen and oxygen atoms in total. The summed E-state index contributed by atoms with van der Waals surface area (Å²) in [4.78, 5) is 0. The molecule has 2 aromatic carbocycles. The highest BCUT2D eigenvalue weighted by Gasteiger charge is 2.43. The molecule has 0 aromatic heterocycles. The maximum absolute atomic E-state index is 13.5. The Bertz CT molecular complexity index is 748. The molecule has 0 spiro atoms. The molecular formula is C23H31FNO2+. The van der Waals surface area contributed by atoms with Crippen molar-refractivity contribution in [3.05, 3.63) is 65.5 Å². The Morgan fingerprint density at radius 3 is 2.59 bits per heavy atom. The van der Waals surface area contributed by atoms with E-state index in [-0.39, 0.29) is 16.8 Å². The molecule has 2 aromatic rings. The molecule has 0 saturated carbocycles. The molecule has 0 unspecified atom stereocenters. The highest BCUT2D eigenvalue weighted by atomic mass is 19.1. The monoisotopic (exact) mass is 372 g/mol. The normalized spacial score (nSPS) is 25.4. The third-order valence-corrected chi connectivity index (χ3v) is 6.13. The molecule has 4 heteroatoms. The maximum Gasteiger partial charge on any atom is 0.124 e. The van der Waals surface area contributed by atoms with Crippen molar-refractivity contribution in [3.8, 4) is 5.75 Å². The third kappa shape index (κ3) is 4.69. The Labute approximate surface area is 161 Å². The summed E-state index contributed by atoms with van der Waals surface area (Å²) in [7, 11) is 0. The van der Waals surface area contributed by atoms with Gasteiger partial charge in [-0.25, -0.2) is 4.39 Å². The van der Waals surface area contributed by atoms with Gasteiger partial charge >= 0.3 is 0 Å². The fraction of sp³-hybridized carbons (Fsp3) is 0.478. The Morgan fingerprint density at radius 1 is 1.15 bits per heavy atom.